The molecular weight excluding hydrogens is 365 g/mol. The Hall–Kier alpha value is -1.43. The van der Waals surface area contributed by atoms with Crippen molar-refractivity contribution in [2.24, 2.45) is 0 Å². The molecule has 0 fully saturated rings. The third kappa shape index (κ3) is 2.44. The highest BCUT2D eigenvalue weighted by atomic mass is 79.9. The van der Waals surface area contributed by atoms with Crippen molar-refractivity contribution in [3.63, 3.8) is 0 Å². The van der Waals surface area contributed by atoms with E-state index in [-0.39, 0.29) is 0 Å². The van der Waals surface area contributed by atoms with E-state index in [0.29, 0.717) is 38.5 Å². The first-order valence-corrected chi connectivity index (χ1v) is 7.16. The van der Waals surface area contributed by atoms with Crippen molar-refractivity contribution in [1.82, 2.24) is 4.98 Å². The lowest BCUT2D eigenvalue weighted by Crippen LogP contribution is -1.91. The number of anilines is 3. The molecule has 0 spiro atoms. The van der Waals surface area contributed by atoms with Crippen LogP contribution in [0.5, 0.6) is 0 Å². The van der Waals surface area contributed by atoms with E-state index < -0.39 is 0 Å². The Morgan fingerprint density at radius 2 is 1.95 bits per heavy atom. The minimum Gasteiger partial charge on any atom is -0.423 e. The molecule has 0 aliphatic rings. The van der Waals surface area contributed by atoms with E-state index >= 15 is 0 Å². The Labute approximate surface area is 133 Å². The van der Waals surface area contributed by atoms with Gasteiger partial charge in [0.15, 0.2) is 5.58 Å². The van der Waals surface area contributed by atoms with Crippen LogP contribution in [0.2, 0.25) is 10.0 Å². The number of rotatable bonds is 2. The minimum atomic E-state index is 0.325. The van der Waals surface area contributed by atoms with Gasteiger partial charge in [-0.2, -0.15) is 4.98 Å². The van der Waals surface area contributed by atoms with Crippen LogP contribution in [0.25, 0.3) is 11.1 Å². The van der Waals surface area contributed by atoms with Crippen molar-refractivity contribution in [2.75, 3.05) is 11.1 Å². The second kappa shape index (κ2) is 5.16. The van der Waals surface area contributed by atoms with E-state index in [4.69, 9.17) is 33.4 Å². The first-order valence-electron chi connectivity index (χ1n) is 5.61. The van der Waals surface area contributed by atoms with Crippen molar-refractivity contribution < 1.29 is 4.42 Å². The van der Waals surface area contributed by atoms with Crippen LogP contribution >= 0.6 is 39.1 Å². The zero-order valence-electron chi connectivity index (χ0n) is 9.95. The molecule has 3 N–H and O–H groups in total. The maximum absolute atomic E-state index is 6.16. The van der Waals surface area contributed by atoms with Crippen molar-refractivity contribution in [2.45, 2.75) is 0 Å². The van der Waals surface area contributed by atoms with Crippen LogP contribution in [0.3, 0.4) is 0 Å². The van der Waals surface area contributed by atoms with Gasteiger partial charge in [-0.15, -0.1) is 0 Å². The number of nitrogens with zero attached hydrogens (tertiary/aromatic N) is 1. The number of oxazole rings is 1. The summed E-state index contributed by atoms with van der Waals surface area (Å²) in [6.07, 6.45) is 0. The van der Waals surface area contributed by atoms with E-state index in [1.54, 1.807) is 30.3 Å². The Balaban J connectivity index is 1.99. The molecule has 0 unspecified atom stereocenters. The highest BCUT2D eigenvalue weighted by Gasteiger charge is 2.11. The van der Waals surface area contributed by atoms with Crippen molar-refractivity contribution in [3.8, 4) is 0 Å². The Kier molecular flexibility index (Phi) is 3.50. The van der Waals surface area contributed by atoms with Gasteiger partial charge in [0.05, 0.1) is 15.7 Å². The molecule has 0 saturated heterocycles. The average molecular weight is 373 g/mol. The molecule has 0 bridgehead atoms. The molecule has 102 valence electrons. The predicted octanol–water partition coefficient (Wildman–Crippen LogP) is 5.22. The first kappa shape index (κ1) is 13.5. The number of nitrogens with one attached hydrogen (secondary N) is 1. The van der Waals surface area contributed by atoms with Crippen LogP contribution in [-0.4, -0.2) is 4.98 Å². The molecule has 0 saturated carbocycles. The molecule has 1 heterocycles. The molecular formula is C13H8BrCl2N3O. The van der Waals surface area contributed by atoms with E-state index in [9.17, 15) is 0 Å². The number of hydrogen-bond acceptors (Lipinski definition) is 4. The second-order valence-corrected chi connectivity index (χ2v) is 5.70. The molecule has 0 aliphatic heterocycles. The lowest BCUT2D eigenvalue weighted by molar-refractivity contribution is 0.623. The van der Waals surface area contributed by atoms with Crippen molar-refractivity contribution in [3.05, 3.63) is 44.8 Å². The Bertz CT molecular complexity index is 804. The monoisotopic (exact) mass is 371 g/mol. The maximum atomic E-state index is 6.16. The quantitative estimate of drug-likeness (QED) is 0.478. The Morgan fingerprint density at radius 1 is 1.15 bits per heavy atom. The van der Waals surface area contributed by atoms with Crippen LogP contribution in [0.15, 0.2) is 39.2 Å². The fourth-order valence-corrected chi connectivity index (χ4v) is 2.56. The lowest BCUT2D eigenvalue weighted by atomic mass is 10.3. The van der Waals surface area contributed by atoms with Crippen LogP contribution in [0.1, 0.15) is 0 Å². The molecule has 0 radical (unpaired) electrons. The van der Waals surface area contributed by atoms with Gasteiger partial charge in [-0.3, -0.25) is 0 Å². The summed E-state index contributed by atoms with van der Waals surface area (Å²) in [5.41, 5.74) is 8.25. The third-order valence-electron chi connectivity index (χ3n) is 2.69. The van der Waals surface area contributed by atoms with Gasteiger partial charge in [0.25, 0.3) is 6.01 Å². The van der Waals surface area contributed by atoms with Crippen LogP contribution in [0, 0.1) is 0 Å². The summed E-state index contributed by atoms with van der Waals surface area (Å²) in [6.45, 7) is 0. The topological polar surface area (TPSA) is 64.1 Å². The molecule has 0 amide bonds. The standard InChI is InChI=1S/C13H8BrCl2N3O/c14-7-2-3-8(12(16)11(7)15)18-13-19-9-5-6(17)1-4-10(9)20-13/h1-5H,17H2,(H,18,19). The van der Waals surface area contributed by atoms with Gasteiger partial charge in [-0.1, -0.05) is 23.2 Å². The molecule has 7 heteroatoms. The largest absolute Gasteiger partial charge is 0.423 e. The van der Waals surface area contributed by atoms with E-state index in [1.165, 1.54) is 0 Å². The van der Waals surface area contributed by atoms with Gasteiger partial charge < -0.3 is 15.5 Å². The normalized spacial score (nSPS) is 10.9. The van der Waals surface area contributed by atoms with Crippen LogP contribution < -0.4 is 11.1 Å². The average Bonchev–Trinajstić information content (AvgIpc) is 2.81. The molecule has 20 heavy (non-hydrogen) atoms. The summed E-state index contributed by atoms with van der Waals surface area (Å²) in [5, 5.41) is 3.81. The van der Waals surface area contributed by atoms with Gasteiger partial charge in [0.1, 0.15) is 5.52 Å². The molecule has 2 aromatic carbocycles. The summed E-state index contributed by atoms with van der Waals surface area (Å²) in [7, 11) is 0. The highest BCUT2D eigenvalue weighted by Crippen LogP contribution is 2.37. The summed E-state index contributed by atoms with van der Waals surface area (Å²) in [5.74, 6) is 0. The number of hydrogen-bond donors (Lipinski definition) is 2. The molecule has 0 atom stereocenters. The molecule has 3 aromatic rings. The minimum absolute atomic E-state index is 0.325. The van der Waals surface area contributed by atoms with E-state index in [1.807, 2.05) is 0 Å². The van der Waals surface area contributed by atoms with Crippen molar-refractivity contribution in [1.29, 1.82) is 0 Å². The number of aromatic nitrogens is 1. The summed E-state index contributed by atoms with van der Waals surface area (Å²) < 4.78 is 6.28. The number of fused-ring (bicyclic) bond motifs is 1. The van der Waals surface area contributed by atoms with Crippen LogP contribution in [-0.2, 0) is 0 Å². The highest BCUT2D eigenvalue weighted by molar-refractivity contribution is 9.10. The molecule has 4 nitrogen and oxygen atoms in total. The second-order valence-electron chi connectivity index (χ2n) is 4.09. The SMILES string of the molecule is Nc1ccc2oc(Nc3ccc(Br)c(Cl)c3Cl)nc2c1. The van der Waals surface area contributed by atoms with Gasteiger partial charge in [0, 0.05) is 10.2 Å². The first-order chi connectivity index (χ1) is 9.54. The number of halogens is 3. The number of nitrogens with two attached hydrogens (primary N) is 1. The predicted molar refractivity (Wildman–Crippen MR) is 85.9 cm³/mol. The van der Waals surface area contributed by atoms with E-state index in [0.717, 1.165) is 4.47 Å². The zero-order valence-corrected chi connectivity index (χ0v) is 13.1. The van der Waals surface area contributed by atoms with Crippen LogP contribution in [0.4, 0.5) is 17.4 Å². The van der Waals surface area contributed by atoms with Gasteiger partial charge in [-0.25, -0.2) is 0 Å². The van der Waals surface area contributed by atoms with Gasteiger partial charge >= 0.3 is 0 Å². The van der Waals surface area contributed by atoms with Gasteiger partial charge in [-0.05, 0) is 46.3 Å². The fraction of sp³-hybridized carbons (Fsp3) is 0. The fourth-order valence-electron chi connectivity index (χ4n) is 1.74. The molecule has 1 aromatic heterocycles. The Morgan fingerprint density at radius 3 is 2.75 bits per heavy atom. The number of benzene rings is 2. The third-order valence-corrected chi connectivity index (χ3v) is 4.46. The van der Waals surface area contributed by atoms with E-state index in [2.05, 4.69) is 26.2 Å². The summed E-state index contributed by atoms with van der Waals surface area (Å²) in [4.78, 5) is 4.29. The zero-order chi connectivity index (χ0) is 14.3. The summed E-state index contributed by atoms with van der Waals surface area (Å²) >= 11 is 15.5. The summed E-state index contributed by atoms with van der Waals surface area (Å²) in [6, 6.07) is 9.14. The molecule has 0 aliphatic carbocycles. The number of nitrogen functional groups attached to an aromatic ring is 1. The lowest BCUT2D eigenvalue weighted by Gasteiger charge is -2.06. The maximum Gasteiger partial charge on any atom is 0.300 e. The van der Waals surface area contributed by atoms with Crippen molar-refractivity contribution >= 4 is 67.6 Å². The molecule has 3 rings (SSSR count). The smallest absolute Gasteiger partial charge is 0.300 e. The van der Waals surface area contributed by atoms with Gasteiger partial charge in [0.2, 0.25) is 0 Å².